The van der Waals surface area contributed by atoms with Gasteiger partial charge in [0.2, 0.25) is 0 Å². The SMILES string of the molecule is Cc1cc(C)cc(OCC(O)Cn2cnc(C3CCC3)cc2=O)c1. The summed E-state index contributed by atoms with van der Waals surface area (Å²) in [6.07, 6.45) is 4.21. The van der Waals surface area contributed by atoms with Gasteiger partial charge in [-0.3, -0.25) is 9.36 Å². The summed E-state index contributed by atoms with van der Waals surface area (Å²) in [7, 11) is 0. The minimum absolute atomic E-state index is 0.114. The smallest absolute Gasteiger partial charge is 0.253 e. The van der Waals surface area contributed by atoms with Gasteiger partial charge in [-0.2, -0.15) is 0 Å². The molecule has 24 heavy (non-hydrogen) atoms. The molecule has 1 aromatic carbocycles. The van der Waals surface area contributed by atoms with Gasteiger partial charge in [0.25, 0.3) is 5.56 Å². The molecule has 128 valence electrons. The van der Waals surface area contributed by atoms with Gasteiger partial charge in [-0.15, -0.1) is 0 Å². The Hall–Kier alpha value is -2.14. The van der Waals surface area contributed by atoms with Crippen LogP contribution in [0.4, 0.5) is 0 Å². The molecule has 1 heterocycles. The summed E-state index contributed by atoms with van der Waals surface area (Å²) >= 11 is 0. The number of benzene rings is 1. The number of hydrogen-bond donors (Lipinski definition) is 1. The molecule has 0 aliphatic heterocycles. The molecule has 0 bridgehead atoms. The number of rotatable bonds is 6. The lowest BCUT2D eigenvalue weighted by Crippen LogP contribution is -2.31. The number of aliphatic hydroxyl groups excluding tert-OH is 1. The summed E-state index contributed by atoms with van der Waals surface area (Å²) in [5.41, 5.74) is 3.00. The van der Waals surface area contributed by atoms with E-state index < -0.39 is 6.10 Å². The summed E-state index contributed by atoms with van der Waals surface area (Å²) in [5.74, 6) is 1.17. The van der Waals surface area contributed by atoms with Crippen molar-refractivity contribution in [1.29, 1.82) is 0 Å². The van der Waals surface area contributed by atoms with Crippen LogP contribution in [-0.2, 0) is 6.54 Å². The van der Waals surface area contributed by atoms with Crippen molar-refractivity contribution in [3.8, 4) is 5.75 Å². The molecule has 5 nitrogen and oxygen atoms in total. The van der Waals surface area contributed by atoms with Crippen molar-refractivity contribution < 1.29 is 9.84 Å². The quantitative estimate of drug-likeness (QED) is 0.885. The molecule has 0 spiro atoms. The normalized spacial score (nSPS) is 15.8. The van der Waals surface area contributed by atoms with Gasteiger partial charge in [-0.05, 0) is 49.9 Å². The molecule has 2 aromatic rings. The van der Waals surface area contributed by atoms with Gasteiger partial charge >= 0.3 is 0 Å². The zero-order chi connectivity index (χ0) is 17.1. The molecule has 0 saturated heterocycles. The summed E-state index contributed by atoms with van der Waals surface area (Å²) in [6, 6.07) is 7.53. The van der Waals surface area contributed by atoms with Crippen LogP contribution < -0.4 is 10.3 Å². The first kappa shape index (κ1) is 16.7. The number of hydrogen-bond acceptors (Lipinski definition) is 4. The van der Waals surface area contributed by atoms with E-state index in [4.69, 9.17) is 4.74 Å². The topological polar surface area (TPSA) is 64.3 Å². The summed E-state index contributed by atoms with van der Waals surface area (Å²) in [5, 5.41) is 10.2. The van der Waals surface area contributed by atoms with Crippen LogP contribution in [0.25, 0.3) is 0 Å². The minimum atomic E-state index is -0.764. The van der Waals surface area contributed by atoms with Crippen molar-refractivity contribution in [2.45, 2.75) is 51.7 Å². The fourth-order valence-corrected chi connectivity index (χ4v) is 2.99. The first-order valence-corrected chi connectivity index (χ1v) is 8.47. The predicted octanol–water partition coefficient (Wildman–Crippen LogP) is 2.57. The maximum Gasteiger partial charge on any atom is 0.253 e. The van der Waals surface area contributed by atoms with E-state index in [1.54, 1.807) is 6.07 Å². The third-order valence-electron chi connectivity index (χ3n) is 4.47. The Balaban J connectivity index is 1.58. The Labute approximate surface area is 141 Å². The van der Waals surface area contributed by atoms with E-state index in [2.05, 4.69) is 11.1 Å². The molecule has 1 fully saturated rings. The molecule has 0 amide bonds. The van der Waals surface area contributed by atoms with Crippen molar-refractivity contribution in [3.05, 3.63) is 57.8 Å². The van der Waals surface area contributed by atoms with Crippen molar-refractivity contribution in [2.24, 2.45) is 0 Å². The molecule has 1 aromatic heterocycles. The zero-order valence-corrected chi connectivity index (χ0v) is 14.2. The highest BCUT2D eigenvalue weighted by molar-refractivity contribution is 5.33. The molecule has 1 unspecified atom stereocenters. The maximum atomic E-state index is 12.2. The second-order valence-corrected chi connectivity index (χ2v) is 6.72. The van der Waals surface area contributed by atoms with Gasteiger partial charge in [0.1, 0.15) is 18.5 Å². The van der Waals surface area contributed by atoms with Crippen LogP contribution in [0.2, 0.25) is 0 Å². The van der Waals surface area contributed by atoms with Gasteiger partial charge < -0.3 is 9.84 Å². The fraction of sp³-hybridized carbons (Fsp3) is 0.474. The van der Waals surface area contributed by atoms with Gasteiger partial charge in [-0.1, -0.05) is 12.5 Å². The molecule has 1 atom stereocenters. The molecule has 1 saturated carbocycles. The standard InChI is InChI=1S/C19H24N2O3/c1-13-6-14(2)8-17(7-13)24-11-16(22)10-21-12-20-18(9-19(21)23)15-4-3-5-15/h6-9,12,15-16,22H,3-5,10-11H2,1-2H3. The molecular weight excluding hydrogens is 304 g/mol. The maximum absolute atomic E-state index is 12.2. The van der Waals surface area contributed by atoms with Gasteiger partial charge in [0, 0.05) is 12.0 Å². The molecule has 0 radical (unpaired) electrons. The van der Waals surface area contributed by atoms with Crippen molar-refractivity contribution in [3.63, 3.8) is 0 Å². The van der Waals surface area contributed by atoms with Crippen LogP contribution in [0.5, 0.6) is 5.75 Å². The largest absolute Gasteiger partial charge is 0.491 e. The van der Waals surface area contributed by atoms with E-state index in [-0.39, 0.29) is 18.7 Å². The van der Waals surface area contributed by atoms with E-state index >= 15 is 0 Å². The minimum Gasteiger partial charge on any atom is -0.491 e. The van der Waals surface area contributed by atoms with E-state index in [0.717, 1.165) is 35.4 Å². The number of nitrogens with zero attached hydrogens (tertiary/aromatic N) is 2. The van der Waals surface area contributed by atoms with Crippen molar-refractivity contribution >= 4 is 0 Å². The van der Waals surface area contributed by atoms with E-state index in [1.807, 2.05) is 26.0 Å². The lowest BCUT2D eigenvalue weighted by molar-refractivity contribution is 0.0912. The van der Waals surface area contributed by atoms with E-state index in [0.29, 0.717) is 5.92 Å². The van der Waals surface area contributed by atoms with E-state index in [9.17, 15) is 9.90 Å². The summed E-state index contributed by atoms with van der Waals surface area (Å²) in [6.45, 7) is 4.33. The molecule has 1 aliphatic rings. The van der Waals surface area contributed by atoms with Crippen LogP contribution >= 0.6 is 0 Å². The van der Waals surface area contributed by atoms with Crippen LogP contribution in [0.15, 0.2) is 35.4 Å². The highest BCUT2D eigenvalue weighted by Crippen LogP contribution is 2.34. The number of aliphatic hydroxyl groups is 1. The average molecular weight is 328 g/mol. The van der Waals surface area contributed by atoms with Gasteiger partial charge in [0.05, 0.1) is 18.6 Å². The Bertz CT molecular complexity index is 745. The highest BCUT2D eigenvalue weighted by atomic mass is 16.5. The van der Waals surface area contributed by atoms with E-state index in [1.165, 1.54) is 17.3 Å². The lowest BCUT2D eigenvalue weighted by atomic mass is 9.83. The second kappa shape index (κ2) is 7.18. The highest BCUT2D eigenvalue weighted by Gasteiger charge is 2.21. The van der Waals surface area contributed by atoms with Gasteiger partial charge in [0.15, 0.2) is 0 Å². The molecular formula is C19H24N2O3. The Morgan fingerprint density at radius 3 is 2.54 bits per heavy atom. The summed E-state index contributed by atoms with van der Waals surface area (Å²) in [4.78, 5) is 16.5. The second-order valence-electron chi connectivity index (χ2n) is 6.72. The van der Waals surface area contributed by atoms with Crippen LogP contribution in [0.3, 0.4) is 0 Å². The monoisotopic (exact) mass is 328 g/mol. The van der Waals surface area contributed by atoms with Crippen LogP contribution in [0, 0.1) is 13.8 Å². The third kappa shape index (κ3) is 4.03. The van der Waals surface area contributed by atoms with Crippen LogP contribution in [-0.4, -0.2) is 27.4 Å². The molecule has 5 heteroatoms. The lowest BCUT2D eigenvalue weighted by Gasteiger charge is -2.24. The Morgan fingerprint density at radius 2 is 1.96 bits per heavy atom. The first-order valence-electron chi connectivity index (χ1n) is 8.47. The number of aromatic nitrogens is 2. The number of ether oxygens (including phenoxy) is 1. The van der Waals surface area contributed by atoms with Crippen molar-refractivity contribution in [2.75, 3.05) is 6.61 Å². The van der Waals surface area contributed by atoms with Crippen molar-refractivity contribution in [1.82, 2.24) is 9.55 Å². The molecule has 3 rings (SSSR count). The zero-order valence-electron chi connectivity index (χ0n) is 14.2. The summed E-state index contributed by atoms with van der Waals surface area (Å²) < 4.78 is 7.09. The Kier molecular flexibility index (Phi) is 5.00. The van der Waals surface area contributed by atoms with Gasteiger partial charge in [-0.25, -0.2) is 4.98 Å². The fourth-order valence-electron chi connectivity index (χ4n) is 2.99. The predicted molar refractivity (Wildman–Crippen MR) is 92.5 cm³/mol. The van der Waals surface area contributed by atoms with Crippen LogP contribution in [0.1, 0.15) is 42.0 Å². The number of aryl methyl sites for hydroxylation is 2. The molecule has 1 N–H and O–H groups in total. The Morgan fingerprint density at radius 1 is 1.25 bits per heavy atom. The first-order chi connectivity index (χ1) is 11.5. The average Bonchev–Trinajstić information content (AvgIpc) is 2.45. The molecule has 1 aliphatic carbocycles. The third-order valence-corrected chi connectivity index (χ3v) is 4.47.